The molecular formula is C15H16N4O4S2. The fraction of sp³-hybridized carbons (Fsp3) is 0.133. The van der Waals surface area contributed by atoms with Crippen LogP contribution in [0.4, 0.5) is 11.4 Å². The number of nitro groups is 1. The Balaban J connectivity index is 2.06. The number of hydrogen-bond acceptors (Lipinski definition) is 5. The molecule has 132 valence electrons. The molecule has 0 aliphatic rings. The molecule has 0 radical (unpaired) electrons. The summed E-state index contributed by atoms with van der Waals surface area (Å²) in [6.45, 7) is 3.86. The number of thiocarbonyl (C=S) groups is 1. The van der Waals surface area contributed by atoms with Crippen LogP contribution in [-0.4, -0.2) is 18.5 Å². The van der Waals surface area contributed by atoms with E-state index in [0.717, 1.165) is 22.9 Å². The van der Waals surface area contributed by atoms with E-state index in [1.54, 1.807) is 0 Å². The third-order valence-electron chi connectivity index (χ3n) is 3.49. The van der Waals surface area contributed by atoms with Gasteiger partial charge in [-0.3, -0.25) is 15.5 Å². The van der Waals surface area contributed by atoms with Crippen molar-refractivity contribution in [3.05, 3.63) is 63.7 Å². The van der Waals surface area contributed by atoms with Gasteiger partial charge in [-0.25, -0.2) is 8.42 Å². The van der Waals surface area contributed by atoms with Gasteiger partial charge >= 0.3 is 0 Å². The number of hydrazine groups is 1. The highest BCUT2D eigenvalue weighted by molar-refractivity contribution is 7.89. The second-order valence-corrected chi connectivity index (χ2v) is 7.28. The number of anilines is 1. The van der Waals surface area contributed by atoms with Crippen LogP contribution in [0.5, 0.6) is 0 Å². The Labute approximate surface area is 150 Å². The molecule has 0 atom stereocenters. The van der Waals surface area contributed by atoms with Crippen molar-refractivity contribution < 1.29 is 13.3 Å². The van der Waals surface area contributed by atoms with E-state index in [1.165, 1.54) is 18.2 Å². The lowest BCUT2D eigenvalue weighted by Crippen LogP contribution is -2.43. The van der Waals surface area contributed by atoms with Crippen LogP contribution in [-0.2, 0) is 10.0 Å². The van der Waals surface area contributed by atoms with Crippen molar-refractivity contribution in [1.29, 1.82) is 0 Å². The number of nitrogens with one attached hydrogen (secondary N) is 3. The lowest BCUT2D eigenvalue weighted by Gasteiger charge is -2.14. The smallest absolute Gasteiger partial charge is 0.270 e. The van der Waals surface area contributed by atoms with Gasteiger partial charge in [0, 0.05) is 17.8 Å². The van der Waals surface area contributed by atoms with Gasteiger partial charge in [-0.1, -0.05) is 18.2 Å². The van der Waals surface area contributed by atoms with Crippen molar-refractivity contribution >= 4 is 38.7 Å². The highest BCUT2D eigenvalue weighted by Gasteiger charge is 2.17. The van der Waals surface area contributed by atoms with Crippen LogP contribution < -0.4 is 15.6 Å². The average Bonchev–Trinajstić information content (AvgIpc) is 2.57. The minimum atomic E-state index is -4.01. The zero-order chi connectivity index (χ0) is 18.6. The van der Waals surface area contributed by atoms with Crippen LogP contribution in [0.1, 0.15) is 11.1 Å². The van der Waals surface area contributed by atoms with E-state index in [9.17, 15) is 18.5 Å². The zero-order valence-corrected chi connectivity index (χ0v) is 15.1. The summed E-state index contributed by atoms with van der Waals surface area (Å²) < 4.78 is 24.4. The molecule has 0 spiro atoms. The maximum atomic E-state index is 12.2. The first-order valence-corrected chi connectivity index (χ1v) is 8.99. The molecule has 2 rings (SSSR count). The first-order chi connectivity index (χ1) is 11.7. The number of rotatable bonds is 5. The predicted molar refractivity (Wildman–Crippen MR) is 98.7 cm³/mol. The summed E-state index contributed by atoms with van der Waals surface area (Å²) in [5.41, 5.74) is 4.84. The molecule has 0 unspecified atom stereocenters. The number of hydrogen-bond donors (Lipinski definition) is 3. The SMILES string of the molecule is Cc1cccc(NC(=S)NNS(=O)(=O)c2cccc([N+](=O)[O-])c2)c1C. The molecule has 0 aromatic heterocycles. The second-order valence-electron chi connectivity index (χ2n) is 5.19. The van der Waals surface area contributed by atoms with E-state index in [-0.39, 0.29) is 15.7 Å². The molecular weight excluding hydrogens is 364 g/mol. The van der Waals surface area contributed by atoms with Crippen LogP contribution >= 0.6 is 12.2 Å². The van der Waals surface area contributed by atoms with E-state index in [1.807, 2.05) is 32.0 Å². The fourth-order valence-corrected chi connectivity index (χ4v) is 3.09. The van der Waals surface area contributed by atoms with Crippen molar-refractivity contribution in [3.8, 4) is 0 Å². The molecule has 0 fully saturated rings. The highest BCUT2D eigenvalue weighted by Crippen LogP contribution is 2.18. The summed E-state index contributed by atoms with van der Waals surface area (Å²) in [5, 5.41) is 13.7. The van der Waals surface area contributed by atoms with Gasteiger partial charge in [0.05, 0.1) is 9.82 Å². The van der Waals surface area contributed by atoms with Crippen LogP contribution in [0.25, 0.3) is 0 Å². The van der Waals surface area contributed by atoms with Crippen molar-refractivity contribution in [3.63, 3.8) is 0 Å². The fourth-order valence-electron chi connectivity index (χ4n) is 1.98. The largest absolute Gasteiger partial charge is 0.331 e. The molecule has 0 aliphatic carbocycles. The molecule has 25 heavy (non-hydrogen) atoms. The number of benzene rings is 2. The molecule has 10 heteroatoms. The maximum absolute atomic E-state index is 12.2. The van der Waals surface area contributed by atoms with E-state index in [0.29, 0.717) is 0 Å². The van der Waals surface area contributed by atoms with Gasteiger partial charge in [0.15, 0.2) is 5.11 Å². The average molecular weight is 380 g/mol. The molecule has 3 N–H and O–H groups in total. The van der Waals surface area contributed by atoms with Gasteiger partial charge in [0.25, 0.3) is 15.7 Å². The van der Waals surface area contributed by atoms with Crippen LogP contribution in [0.15, 0.2) is 47.4 Å². The summed E-state index contributed by atoms with van der Waals surface area (Å²) in [5.74, 6) is 0. The topological polar surface area (TPSA) is 113 Å². The number of nitrogens with zero attached hydrogens (tertiary/aromatic N) is 1. The maximum Gasteiger partial charge on any atom is 0.270 e. The van der Waals surface area contributed by atoms with Gasteiger partial charge in [-0.2, -0.15) is 0 Å². The van der Waals surface area contributed by atoms with E-state index >= 15 is 0 Å². The summed E-state index contributed by atoms with van der Waals surface area (Å²) >= 11 is 5.07. The number of non-ortho nitro benzene ring substituents is 1. The standard InChI is InChI=1S/C15H16N4O4S2/c1-10-5-3-8-14(11(10)2)16-15(24)17-18-25(22,23)13-7-4-6-12(9-13)19(20)21/h3-9,18H,1-2H3,(H2,16,17,24). The lowest BCUT2D eigenvalue weighted by molar-refractivity contribution is -0.385. The van der Waals surface area contributed by atoms with Crippen LogP contribution in [0, 0.1) is 24.0 Å². The number of sulfonamides is 1. The van der Waals surface area contributed by atoms with E-state index < -0.39 is 14.9 Å². The van der Waals surface area contributed by atoms with Gasteiger partial charge < -0.3 is 5.32 Å². The number of nitro benzene ring substituents is 1. The van der Waals surface area contributed by atoms with Crippen LogP contribution in [0.2, 0.25) is 0 Å². The zero-order valence-electron chi connectivity index (χ0n) is 13.4. The lowest BCUT2D eigenvalue weighted by atomic mass is 10.1. The summed E-state index contributed by atoms with van der Waals surface area (Å²) in [6, 6.07) is 10.3. The van der Waals surface area contributed by atoms with E-state index in [4.69, 9.17) is 12.2 Å². The third kappa shape index (κ3) is 4.72. The molecule has 0 bridgehead atoms. The van der Waals surface area contributed by atoms with Crippen molar-refractivity contribution in [2.45, 2.75) is 18.7 Å². The monoisotopic (exact) mass is 380 g/mol. The van der Waals surface area contributed by atoms with Crippen molar-refractivity contribution in [2.75, 3.05) is 5.32 Å². The van der Waals surface area contributed by atoms with Gasteiger partial charge in [0.1, 0.15) is 0 Å². The Morgan fingerprint density at radius 2 is 1.84 bits per heavy atom. The predicted octanol–water partition coefficient (Wildman–Crippen LogP) is 2.39. The summed E-state index contributed by atoms with van der Waals surface area (Å²) in [6.07, 6.45) is 0. The van der Waals surface area contributed by atoms with Gasteiger partial charge in [-0.15, -0.1) is 4.83 Å². The van der Waals surface area contributed by atoms with Crippen LogP contribution in [0.3, 0.4) is 0 Å². The second kappa shape index (κ2) is 7.55. The third-order valence-corrected chi connectivity index (χ3v) is 4.94. The molecule has 8 nitrogen and oxygen atoms in total. The summed E-state index contributed by atoms with van der Waals surface area (Å²) in [4.78, 5) is 11.9. The molecule has 0 saturated heterocycles. The minimum absolute atomic E-state index is 0.0442. The first kappa shape index (κ1) is 18.8. The van der Waals surface area contributed by atoms with Gasteiger partial charge in [0.2, 0.25) is 0 Å². The Hall–Kier alpha value is -2.56. The van der Waals surface area contributed by atoms with Crippen molar-refractivity contribution in [1.82, 2.24) is 10.3 Å². The molecule has 0 saturated carbocycles. The number of aryl methyl sites for hydroxylation is 1. The normalized spacial score (nSPS) is 11.0. The quantitative estimate of drug-likeness (QED) is 0.415. The molecule has 0 heterocycles. The summed E-state index contributed by atoms with van der Waals surface area (Å²) in [7, 11) is -4.01. The Morgan fingerprint density at radius 1 is 1.16 bits per heavy atom. The highest BCUT2D eigenvalue weighted by atomic mass is 32.2. The Kier molecular flexibility index (Phi) is 5.67. The minimum Gasteiger partial charge on any atom is -0.331 e. The first-order valence-electron chi connectivity index (χ1n) is 7.10. The molecule has 2 aromatic carbocycles. The molecule has 2 aromatic rings. The van der Waals surface area contributed by atoms with E-state index in [2.05, 4.69) is 15.6 Å². The Morgan fingerprint density at radius 3 is 2.52 bits per heavy atom. The van der Waals surface area contributed by atoms with Crippen molar-refractivity contribution in [2.24, 2.45) is 0 Å². The Bertz CT molecular complexity index is 929. The van der Waals surface area contributed by atoms with Gasteiger partial charge in [-0.05, 0) is 49.3 Å². The molecule has 0 aliphatic heterocycles. The molecule has 0 amide bonds.